The third-order valence-corrected chi connectivity index (χ3v) is 5.65. The van der Waals surface area contributed by atoms with E-state index in [-0.39, 0.29) is 5.41 Å². The summed E-state index contributed by atoms with van der Waals surface area (Å²) in [5, 5.41) is 0. The van der Waals surface area contributed by atoms with Crippen LogP contribution in [0.5, 0.6) is 0 Å². The van der Waals surface area contributed by atoms with Gasteiger partial charge in [-0.15, -0.1) is 6.42 Å². The average Bonchev–Trinajstić information content (AvgIpc) is 2.91. The molecule has 0 N–H and O–H groups in total. The Morgan fingerprint density at radius 3 is 2.65 bits per heavy atom. The van der Waals surface area contributed by atoms with Crippen molar-refractivity contribution >= 4 is 0 Å². The minimum Gasteiger partial charge on any atom is -0.444 e. The lowest BCUT2D eigenvalue weighted by Crippen LogP contribution is -2.33. The van der Waals surface area contributed by atoms with Crippen LogP contribution < -0.4 is 0 Å². The molecule has 1 aliphatic heterocycles. The van der Waals surface area contributed by atoms with Crippen LogP contribution in [-0.4, -0.2) is 19.8 Å². The molecule has 0 radical (unpaired) electrons. The monoisotopic (exact) mass is 316 g/mol. The zero-order valence-electron chi connectivity index (χ0n) is 14.9. The van der Waals surface area contributed by atoms with Crippen molar-refractivity contribution in [3.05, 3.63) is 0 Å². The van der Waals surface area contributed by atoms with Crippen LogP contribution in [0.3, 0.4) is 0 Å². The number of terminal acetylenes is 1. The van der Waals surface area contributed by atoms with Crippen LogP contribution in [-0.2, 0) is 9.47 Å². The normalized spacial score (nSPS) is 34.2. The number of hydrogen-bond donors (Lipinski definition) is 0. The van der Waals surface area contributed by atoms with Crippen molar-refractivity contribution in [3.63, 3.8) is 0 Å². The lowest BCUT2D eigenvalue weighted by Gasteiger charge is -2.36. The summed E-state index contributed by atoms with van der Waals surface area (Å²) in [7, 11) is 0. The van der Waals surface area contributed by atoms with E-state index in [4.69, 9.17) is 15.9 Å². The van der Waals surface area contributed by atoms with E-state index >= 15 is 0 Å². The zero-order valence-corrected chi connectivity index (χ0v) is 14.9. The SMILES string of the molecule is C#CC12C#COCCOCCC(CCC)C1[C@H](CCCC)CC2. The van der Waals surface area contributed by atoms with Gasteiger partial charge in [0.05, 0.1) is 12.0 Å². The van der Waals surface area contributed by atoms with Crippen molar-refractivity contribution in [2.75, 3.05) is 19.8 Å². The highest BCUT2D eigenvalue weighted by atomic mass is 16.5. The van der Waals surface area contributed by atoms with Crippen LogP contribution in [0.2, 0.25) is 0 Å². The first-order valence-electron chi connectivity index (χ1n) is 9.46. The van der Waals surface area contributed by atoms with Gasteiger partial charge in [-0.2, -0.15) is 0 Å². The van der Waals surface area contributed by atoms with Crippen molar-refractivity contribution < 1.29 is 9.47 Å². The second-order valence-electron chi connectivity index (χ2n) is 7.11. The van der Waals surface area contributed by atoms with Crippen LogP contribution in [0.15, 0.2) is 0 Å². The van der Waals surface area contributed by atoms with Crippen molar-refractivity contribution in [3.8, 4) is 24.4 Å². The first kappa shape index (κ1) is 18.2. The van der Waals surface area contributed by atoms with Crippen molar-refractivity contribution in [2.45, 2.75) is 65.2 Å². The maximum absolute atomic E-state index is 6.04. The Bertz CT molecular complexity index is 453. The molecule has 128 valence electrons. The summed E-state index contributed by atoms with van der Waals surface area (Å²) in [6.07, 6.45) is 18.6. The summed E-state index contributed by atoms with van der Waals surface area (Å²) < 4.78 is 11.2. The van der Waals surface area contributed by atoms with Gasteiger partial charge in [-0.05, 0) is 42.9 Å². The molecule has 4 atom stereocenters. The second kappa shape index (κ2) is 9.24. The van der Waals surface area contributed by atoms with E-state index in [1.165, 1.54) is 38.5 Å². The quantitative estimate of drug-likeness (QED) is 0.688. The van der Waals surface area contributed by atoms with Gasteiger partial charge in [-0.3, -0.25) is 0 Å². The topological polar surface area (TPSA) is 18.5 Å². The molecule has 0 amide bonds. The Balaban J connectivity index is 2.31. The van der Waals surface area contributed by atoms with E-state index in [0.717, 1.165) is 19.4 Å². The van der Waals surface area contributed by atoms with Gasteiger partial charge in [0.2, 0.25) is 0 Å². The highest BCUT2D eigenvalue weighted by Crippen LogP contribution is 2.53. The van der Waals surface area contributed by atoms with Crippen molar-refractivity contribution in [1.29, 1.82) is 0 Å². The molecule has 1 fully saturated rings. The molecule has 0 aromatic heterocycles. The zero-order chi connectivity index (χ0) is 16.5. The third-order valence-electron chi connectivity index (χ3n) is 5.65. The minimum atomic E-state index is -0.289. The van der Waals surface area contributed by atoms with Gasteiger partial charge in [0, 0.05) is 6.61 Å². The van der Waals surface area contributed by atoms with Crippen LogP contribution >= 0.6 is 0 Å². The summed E-state index contributed by atoms with van der Waals surface area (Å²) in [4.78, 5) is 0. The summed E-state index contributed by atoms with van der Waals surface area (Å²) in [5.41, 5.74) is -0.289. The highest BCUT2D eigenvalue weighted by molar-refractivity contribution is 5.28. The van der Waals surface area contributed by atoms with E-state index in [1.807, 2.05) is 0 Å². The summed E-state index contributed by atoms with van der Waals surface area (Å²) in [6.45, 7) is 6.52. The van der Waals surface area contributed by atoms with Gasteiger partial charge in [-0.25, -0.2) is 0 Å². The first-order chi connectivity index (χ1) is 11.3. The molecule has 1 saturated carbocycles. The van der Waals surface area contributed by atoms with E-state index < -0.39 is 0 Å². The van der Waals surface area contributed by atoms with Crippen LogP contribution in [0.4, 0.5) is 0 Å². The standard InChI is InChI=1S/C21H32O2/c1-4-7-9-19-10-12-21(6-3)13-15-23-17-16-22-14-11-18(8-5-2)20(19)21/h3,18-20H,4-5,7-12,14,16-17H2,1-2H3/t18?,19-,20?,21?/m1/s1. The molecule has 3 unspecified atom stereocenters. The minimum absolute atomic E-state index is 0.289. The summed E-state index contributed by atoms with van der Waals surface area (Å²) >= 11 is 0. The van der Waals surface area contributed by atoms with Crippen molar-refractivity contribution in [2.24, 2.45) is 23.2 Å². The molecule has 2 aliphatic rings. The lowest BCUT2D eigenvalue weighted by molar-refractivity contribution is 0.0675. The number of unbranched alkanes of at least 4 members (excludes halogenated alkanes) is 1. The van der Waals surface area contributed by atoms with Gasteiger partial charge in [-0.1, -0.05) is 51.9 Å². The van der Waals surface area contributed by atoms with Crippen LogP contribution in [0, 0.1) is 47.5 Å². The molecule has 0 saturated heterocycles. The molecule has 2 rings (SSSR count). The van der Waals surface area contributed by atoms with Crippen LogP contribution in [0.1, 0.15) is 65.2 Å². The second-order valence-corrected chi connectivity index (χ2v) is 7.11. The van der Waals surface area contributed by atoms with Gasteiger partial charge < -0.3 is 9.47 Å². The molecule has 0 aromatic carbocycles. The maximum atomic E-state index is 6.04. The Hall–Kier alpha value is -1.12. The Morgan fingerprint density at radius 1 is 1.09 bits per heavy atom. The first-order valence-corrected chi connectivity index (χ1v) is 9.46. The molecule has 0 spiro atoms. The fourth-order valence-electron chi connectivity index (χ4n) is 4.58. The largest absolute Gasteiger partial charge is 0.444 e. The Kier molecular flexibility index (Phi) is 7.32. The average molecular weight is 316 g/mol. The molecule has 0 aromatic rings. The van der Waals surface area contributed by atoms with Gasteiger partial charge >= 0.3 is 0 Å². The predicted octanol–water partition coefficient (Wildman–Crippen LogP) is 4.64. The molecule has 0 bridgehead atoms. The molecule has 2 nitrogen and oxygen atoms in total. The van der Waals surface area contributed by atoms with Crippen LogP contribution in [0.25, 0.3) is 0 Å². The van der Waals surface area contributed by atoms with E-state index in [1.54, 1.807) is 0 Å². The summed E-state index contributed by atoms with van der Waals surface area (Å²) in [5.74, 6) is 8.31. The number of ether oxygens (including phenoxy) is 2. The highest BCUT2D eigenvalue weighted by Gasteiger charge is 2.49. The fourth-order valence-corrected chi connectivity index (χ4v) is 4.58. The molecule has 1 heterocycles. The Morgan fingerprint density at radius 2 is 1.91 bits per heavy atom. The number of fused-ring (bicyclic) bond motifs is 1. The predicted molar refractivity (Wildman–Crippen MR) is 94.6 cm³/mol. The van der Waals surface area contributed by atoms with Gasteiger partial charge in [0.25, 0.3) is 0 Å². The smallest absolute Gasteiger partial charge is 0.123 e. The van der Waals surface area contributed by atoms with Gasteiger partial charge in [0.1, 0.15) is 12.7 Å². The van der Waals surface area contributed by atoms with E-state index in [0.29, 0.717) is 31.0 Å². The summed E-state index contributed by atoms with van der Waals surface area (Å²) in [6, 6.07) is 0. The lowest BCUT2D eigenvalue weighted by atomic mass is 9.66. The molecular weight excluding hydrogens is 284 g/mol. The number of rotatable bonds is 5. The molecular formula is C21H32O2. The van der Waals surface area contributed by atoms with E-state index in [2.05, 4.69) is 31.8 Å². The number of hydrogen-bond acceptors (Lipinski definition) is 2. The van der Waals surface area contributed by atoms with E-state index in [9.17, 15) is 0 Å². The fraction of sp³-hybridized carbons (Fsp3) is 0.810. The maximum Gasteiger partial charge on any atom is 0.123 e. The Labute approximate surface area is 142 Å². The molecule has 1 aliphatic carbocycles. The van der Waals surface area contributed by atoms with Gasteiger partial charge in [0.15, 0.2) is 0 Å². The molecule has 2 heteroatoms. The van der Waals surface area contributed by atoms with Crippen molar-refractivity contribution in [1.82, 2.24) is 0 Å². The third kappa shape index (κ3) is 4.45. The molecule has 23 heavy (non-hydrogen) atoms.